The van der Waals surface area contributed by atoms with Crippen molar-refractivity contribution >= 4 is 11.6 Å². The van der Waals surface area contributed by atoms with Crippen LogP contribution in [0.25, 0.3) is 0 Å². The zero-order valence-corrected chi connectivity index (χ0v) is 12.8. The lowest BCUT2D eigenvalue weighted by Crippen LogP contribution is -2.06. The number of unbranched alkanes of at least 4 members (excludes halogenated alkanes) is 1. The SMILES string of the molecule is C=C(CCCC)C(C)=C1C(=O)C=CCC/C1=C/C(C)=O. The van der Waals surface area contributed by atoms with E-state index in [9.17, 15) is 9.59 Å². The van der Waals surface area contributed by atoms with Gasteiger partial charge in [-0.3, -0.25) is 9.59 Å². The van der Waals surface area contributed by atoms with Gasteiger partial charge in [-0.2, -0.15) is 0 Å². The minimum Gasteiger partial charge on any atom is -0.295 e. The second-order valence-corrected chi connectivity index (χ2v) is 5.29. The molecule has 0 bridgehead atoms. The van der Waals surface area contributed by atoms with Crippen molar-refractivity contribution in [2.45, 2.75) is 52.9 Å². The summed E-state index contributed by atoms with van der Waals surface area (Å²) in [5.41, 5.74) is 3.46. The van der Waals surface area contributed by atoms with Gasteiger partial charge in [0.25, 0.3) is 0 Å². The highest BCUT2D eigenvalue weighted by Gasteiger charge is 2.19. The van der Waals surface area contributed by atoms with Crippen LogP contribution in [-0.4, -0.2) is 11.6 Å². The van der Waals surface area contributed by atoms with Crippen molar-refractivity contribution in [3.05, 3.63) is 47.1 Å². The summed E-state index contributed by atoms with van der Waals surface area (Å²) in [7, 11) is 0. The van der Waals surface area contributed by atoms with E-state index in [1.54, 1.807) is 12.2 Å². The molecule has 0 aromatic carbocycles. The molecule has 20 heavy (non-hydrogen) atoms. The van der Waals surface area contributed by atoms with E-state index in [1.165, 1.54) is 6.92 Å². The minimum atomic E-state index is -0.0147. The van der Waals surface area contributed by atoms with Gasteiger partial charge in [0.05, 0.1) is 0 Å². The first-order valence-electron chi connectivity index (χ1n) is 7.28. The molecule has 0 spiro atoms. The van der Waals surface area contributed by atoms with Crippen LogP contribution in [0.2, 0.25) is 0 Å². The number of carbonyl (C=O) groups excluding carboxylic acids is 2. The van der Waals surface area contributed by atoms with E-state index in [1.807, 2.05) is 13.0 Å². The summed E-state index contributed by atoms with van der Waals surface area (Å²) in [6.07, 6.45) is 9.69. The lowest BCUT2D eigenvalue weighted by molar-refractivity contribution is -0.112. The molecule has 0 aliphatic heterocycles. The number of carbonyl (C=O) groups is 2. The second kappa shape index (κ2) is 7.78. The van der Waals surface area contributed by atoms with E-state index in [2.05, 4.69) is 13.5 Å². The first-order valence-corrected chi connectivity index (χ1v) is 7.28. The molecule has 0 amide bonds. The molecule has 2 nitrogen and oxygen atoms in total. The van der Waals surface area contributed by atoms with Crippen LogP contribution >= 0.6 is 0 Å². The maximum atomic E-state index is 12.3. The molecular formula is C18H24O2. The van der Waals surface area contributed by atoms with Crippen LogP contribution in [0.3, 0.4) is 0 Å². The van der Waals surface area contributed by atoms with Crippen LogP contribution in [0, 0.1) is 0 Å². The van der Waals surface area contributed by atoms with E-state index in [4.69, 9.17) is 0 Å². The van der Waals surface area contributed by atoms with Crippen molar-refractivity contribution in [2.75, 3.05) is 0 Å². The molecule has 108 valence electrons. The largest absolute Gasteiger partial charge is 0.295 e. The number of rotatable bonds is 5. The Morgan fingerprint density at radius 2 is 2.10 bits per heavy atom. The van der Waals surface area contributed by atoms with E-state index in [-0.39, 0.29) is 11.6 Å². The fourth-order valence-corrected chi connectivity index (χ4v) is 2.37. The Bertz CT molecular complexity index is 502. The van der Waals surface area contributed by atoms with Gasteiger partial charge in [-0.15, -0.1) is 0 Å². The zero-order chi connectivity index (χ0) is 15.1. The van der Waals surface area contributed by atoms with Crippen LogP contribution in [0.4, 0.5) is 0 Å². The summed E-state index contributed by atoms with van der Waals surface area (Å²) in [6, 6.07) is 0. The highest BCUT2D eigenvalue weighted by molar-refractivity contribution is 6.09. The smallest absolute Gasteiger partial charge is 0.186 e. The number of allylic oxidation sites excluding steroid dienone is 7. The van der Waals surface area contributed by atoms with Crippen LogP contribution in [0.1, 0.15) is 52.9 Å². The number of hydrogen-bond acceptors (Lipinski definition) is 2. The van der Waals surface area contributed by atoms with Gasteiger partial charge in [0, 0.05) is 5.57 Å². The van der Waals surface area contributed by atoms with Crippen LogP contribution in [0.5, 0.6) is 0 Å². The predicted molar refractivity (Wildman–Crippen MR) is 83.5 cm³/mol. The van der Waals surface area contributed by atoms with E-state index in [0.29, 0.717) is 5.57 Å². The van der Waals surface area contributed by atoms with Gasteiger partial charge in [0.1, 0.15) is 0 Å². The highest BCUT2D eigenvalue weighted by atomic mass is 16.1. The Labute approximate surface area is 122 Å². The Kier molecular flexibility index (Phi) is 6.37. The van der Waals surface area contributed by atoms with Crippen molar-refractivity contribution in [3.63, 3.8) is 0 Å². The fraction of sp³-hybridized carbons (Fsp3) is 0.444. The minimum absolute atomic E-state index is 0.00912. The molecule has 0 N–H and O–H groups in total. The van der Waals surface area contributed by atoms with E-state index < -0.39 is 0 Å². The maximum Gasteiger partial charge on any atom is 0.186 e. The van der Waals surface area contributed by atoms with E-state index >= 15 is 0 Å². The molecule has 0 aromatic rings. The second-order valence-electron chi connectivity index (χ2n) is 5.29. The fourth-order valence-electron chi connectivity index (χ4n) is 2.37. The van der Waals surface area contributed by atoms with Crippen LogP contribution in [-0.2, 0) is 9.59 Å². The lowest BCUT2D eigenvalue weighted by atomic mass is 9.90. The molecule has 0 saturated carbocycles. The van der Waals surface area contributed by atoms with Gasteiger partial charge < -0.3 is 0 Å². The van der Waals surface area contributed by atoms with Gasteiger partial charge >= 0.3 is 0 Å². The quantitative estimate of drug-likeness (QED) is 0.691. The van der Waals surface area contributed by atoms with Crippen molar-refractivity contribution < 1.29 is 9.59 Å². The molecule has 0 fully saturated rings. The normalized spacial score (nSPS) is 19.9. The third kappa shape index (κ3) is 4.44. The molecule has 0 unspecified atom stereocenters. The molecule has 1 aliphatic carbocycles. The van der Waals surface area contributed by atoms with Crippen LogP contribution in [0.15, 0.2) is 47.1 Å². The Balaban J connectivity index is 3.22. The molecule has 1 aliphatic rings. The summed E-state index contributed by atoms with van der Waals surface area (Å²) < 4.78 is 0. The summed E-state index contributed by atoms with van der Waals surface area (Å²) >= 11 is 0. The highest BCUT2D eigenvalue weighted by Crippen LogP contribution is 2.29. The molecule has 0 heterocycles. The van der Waals surface area contributed by atoms with Crippen molar-refractivity contribution in [2.24, 2.45) is 0 Å². The number of ketones is 2. The summed E-state index contributed by atoms with van der Waals surface area (Å²) in [5, 5.41) is 0. The molecule has 0 aromatic heterocycles. The monoisotopic (exact) mass is 272 g/mol. The van der Waals surface area contributed by atoms with Crippen molar-refractivity contribution in [1.82, 2.24) is 0 Å². The van der Waals surface area contributed by atoms with Gasteiger partial charge in [0.2, 0.25) is 0 Å². The zero-order valence-electron chi connectivity index (χ0n) is 12.8. The average Bonchev–Trinajstić information content (AvgIpc) is 2.56. The predicted octanol–water partition coefficient (Wildman–Crippen LogP) is 4.48. The van der Waals surface area contributed by atoms with Crippen molar-refractivity contribution in [1.29, 1.82) is 0 Å². The lowest BCUT2D eigenvalue weighted by Gasteiger charge is -2.14. The standard InChI is InChI=1S/C18H24O2/c1-5-6-9-13(2)15(4)18-16(12-14(3)19)10-7-8-11-17(18)20/h8,11-12H,2,5-7,9-10H2,1,3-4H3/b16-12-,18-15?. The maximum absolute atomic E-state index is 12.3. The molecule has 1 rings (SSSR count). The molecule has 0 saturated heterocycles. The summed E-state index contributed by atoms with van der Waals surface area (Å²) in [6.45, 7) is 9.70. The first kappa shape index (κ1) is 16.4. The van der Waals surface area contributed by atoms with Gasteiger partial charge in [-0.05, 0) is 62.8 Å². The third-order valence-corrected chi connectivity index (χ3v) is 3.53. The third-order valence-electron chi connectivity index (χ3n) is 3.53. The first-order chi connectivity index (χ1) is 9.47. The summed E-state index contributed by atoms with van der Waals surface area (Å²) in [4.78, 5) is 23.7. The Morgan fingerprint density at radius 1 is 1.40 bits per heavy atom. The molecule has 2 heteroatoms. The topological polar surface area (TPSA) is 34.1 Å². The Morgan fingerprint density at radius 3 is 2.70 bits per heavy atom. The summed E-state index contributed by atoms with van der Waals surface area (Å²) in [5.74, 6) is -0.0238. The Hall–Kier alpha value is -1.70. The number of hydrogen-bond donors (Lipinski definition) is 0. The van der Waals surface area contributed by atoms with Crippen molar-refractivity contribution in [3.8, 4) is 0 Å². The van der Waals surface area contributed by atoms with Gasteiger partial charge in [-0.1, -0.05) is 31.6 Å². The molecule has 0 atom stereocenters. The molecule has 0 radical (unpaired) electrons. The van der Waals surface area contributed by atoms with Gasteiger partial charge in [0.15, 0.2) is 11.6 Å². The van der Waals surface area contributed by atoms with Crippen LogP contribution < -0.4 is 0 Å². The average molecular weight is 272 g/mol. The van der Waals surface area contributed by atoms with Gasteiger partial charge in [-0.25, -0.2) is 0 Å². The molecular weight excluding hydrogens is 248 g/mol. The van der Waals surface area contributed by atoms with E-state index in [0.717, 1.165) is 48.8 Å².